The number of hydrogen-bond acceptors (Lipinski definition) is 7. The molecular weight excluding hydrogens is 454 g/mol. The molecule has 2 aliphatic rings. The number of hydrogen-bond donors (Lipinski definition) is 4. The lowest BCUT2D eigenvalue weighted by Crippen LogP contribution is -2.59. The molecule has 0 radical (unpaired) electrons. The minimum absolute atomic E-state index is 0.00401. The second kappa shape index (κ2) is 12.2. The Morgan fingerprint density at radius 1 is 1.24 bits per heavy atom. The molecule has 1 heterocycles. The van der Waals surface area contributed by atoms with Crippen molar-refractivity contribution in [2.24, 2.45) is 39.8 Å². The van der Waals surface area contributed by atoms with Crippen LogP contribution in [0.1, 0.15) is 73.1 Å². The van der Waals surface area contributed by atoms with Gasteiger partial charge < -0.3 is 31.6 Å². The smallest absolute Gasteiger partial charge is 0.407 e. The number of carbonyl (C=O) groups excluding carboxylic acids is 2. The van der Waals surface area contributed by atoms with E-state index in [1.807, 2.05) is 4.90 Å². The van der Waals surface area contributed by atoms with E-state index in [2.05, 4.69) is 38.2 Å². The summed E-state index contributed by atoms with van der Waals surface area (Å²) in [7, 11) is 0. The molecule has 0 spiro atoms. The highest BCUT2D eigenvalue weighted by Gasteiger charge is 2.44. The highest BCUT2D eigenvalue weighted by molar-refractivity contribution is 7.80. The summed E-state index contributed by atoms with van der Waals surface area (Å²) in [6, 6.07) is -1.43. The highest BCUT2D eigenvalue weighted by atomic mass is 32.1. The van der Waals surface area contributed by atoms with Gasteiger partial charge in [0.1, 0.15) is 10.8 Å². The van der Waals surface area contributed by atoms with E-state index in [-0.39, 0.29) is 41.4 Å². The van der Waals surface area contributed by atoms with Crippen LogP contribution < -0.4 is 16.8 Å². The van der Waals surface area contributed by atoms with Crippen molar-refractivity contribution in [1.82, 2.24) is 10.2 Å². The first-order valence-corrected chi connectivity index (χ1v) is 12.9. The summed E-state index contributed by atoms with van der Waals surface area (Å²) in [6.45, 7) is 11.0. The molecule has 0 aromatic rings. The zero-order valence-corrected chi connectivity index (χ0v) is 22.1. The molecule has 0 bridgehead atoms. The van der Waals surface area contributed by atoms with Crippen molar-refractivity contribution in [3.63, 3.8) is 0 Å². The van der Waals surface area contributed by atoms with Gasteiger partial charge in [0.15, 0.2) is 5.78 Å². The van der Waals surface area contributed by atoms with Gasteiger partial charge in [0.05, 0.1) is 24.7 Å². The summed E-state index contributed by atoms with van der Waals surface area (Å²) >= 11 is 5.91. The number of nitrogens with zero attached hydrogens (tertiary/aromatic N) is 2. The number of ether oxygens (including phenoxy) is 1. The number of oxime groups is 1. The molecule has 1 amide bonds. The number of rotatable bonds is 9. The Morgan fingerprint density at radius 2 is 1.85 bits per heavy atom. The largest absolute Gasteiger partial charge is 0.450 e. The zero-order chi connectivity index (χ0) is 25.6. The Bertz CT molecular complexity index is 764. The van der Waals surface area contributed by atoms with E-state index in [1.165, 1.54) is 0 Å². The molecule has 1 aliphatic carbocycles. The summed E-state index contributed by atoms with van der Waals surface area (Å²) < 4.78 is 5.14. The number of nitrogens with two attached hydrogens (primary N) is 2. The molecule has 6 N–H and O–H groups in total. The van der Waals surface area contributed by atoms with E-state index in [4.69, 9.17) is 33.6 Å². The Morgan fingerprint density at radius 3 is 2.38 bits per heavy atom. The van der Waals surface area contributed by atoms with E-state index >= 15 is 0 Å². The van der Waals surface area contributed by atoms with Crippen molar-refractivity contribution in [3.05, 3.63) is 0 Å². The third kappa shape index (κ3) is 6.38. The van der Waals surface area contributed by atoms with Crippen LogP contribution in [0.15, 0.2) is 5.16 Å². The quantitative estimate of drug-likeness (QED) is 0.125. The minimum atomic E-state index is -0.587. The molecule has 0 aromatic heterocycles. The third-order valence-electron chi connectivity index (χ3n) is 8.02. The fourth-order valence-corrected chi connectivity index (χ4v) is 5.57. The number of alkyl carbamates (subject to hydrolysis) is 1. The van der Waals surface area contributed by atoms with Crippen molar-refractivity contribution in [1.29, 1.82) is 0 Å². The predicted octanol–water partition coefficient (Wildman–Crippen LogP) is 3.02. The molecule has 2 rings (SSSR count). The van der Waals surface area contributed by atoms with E-state index in [0.717, 1.165) is 32.1 Å². The predicted molar refractivity (Wildman–Crippen MR) is 137 cm³/mol. The second-order valence-corrected chi connectivity index (χ2v) is 10.9. The third-order valence-corrected chi connectivity index (χ3v) is 8.49. The first kappa shape index (κ1) is 28.3. The van der Waals surface area contributed by atoms with Gasteiger partial charge in [-0.1, -0.05) is 45.1 Å². The number of amidine groups is 1. The number of thiocarbonyl (C=S) groups is 1. The standard InChI is InChI=1S/C24H43N5O4S/c1-6-33-23(31)27-20(24(4,5)14(2)3)22(34)29-13-7-8-17(29)19(30)18(25)15-9-11-16(12-10-15)21(26)28-32/h14-18,20,32H,6-13,25H2,1-5H3,(H2,26,28)(H,27,31)/t15?,16?,17-,18?,20-/m0/s1. The summed E-state index contributed by atoms with van der Waals surface area (Å²) in [5, 5.41) is 15.0. The Kier molecular flexibility index (Phi) is 10.1. The lowest BCUT2D eigenvalue weighted by Gasteiger charge is -2.42. The van der Waals surface area contributed by atoms with E-state index in [9.17, 15) is 9.59 Å². The maximum Gasteiger partial charge on any atom is 0.407 e. The van der Waals surface area contributed by atoms with Gasteiger partial charge in [-0.15, -0.1) is 0 Å². The fourth-order valence-electron chi connectivity index (χ4n) is 4.99. The summed E-state index contributed by atoms with van der Waals surface area (Å²) in [5.41, 5.74) is 11.9. The maximum atomic E-state index is 13.5. The second-order valence-electron chi connectivity index (χ2n) is 10.5. The zero-order valence-electron chi connectivity index (χ0n) is 21.3. The first-order chi connectivity index (χ1) is 15.9. The molecular formula is C24H43N5O4S. The molecule has 194 valence electrons. The van der Waals surface area contributed by atoms with Crippen molar-refractivity contribution in [3.8, 4) is 0 Å². The van der Waals surface area contributed by atoms with Crippen molar-refractivity contribution < 1.29 is 19.5 Å². The molecule has 1 aliphatic heterocycles. The number of amides is 1. The van der Waals surface area contributed by atoms with Gasteiger partial charge in [-0.3, -0.25) is 4.79 Å². The SMILES string of the molecule is CCOC(=O)N[C@@H](C(=S)N1CCC[C@H]1C(=O)C(N)C1CCC(/C(N)=N\O)CC1)C(C)(C)C(C)C. The van der Waals surface area contributed by atoms with Gasteiger partial charge in [0.25, 0.3) is 0 Å². The molecule has 1 unspecified atom stereocenters. The Labute approximate surface area is 209 Å². The van der Waals surface area contributed by atoms with Crippen LogP contribution in [0.2, 0.25) is 0 Å². The maximum absolute atomic E-state index is 13.5. The Balaban J connectivity index is 2.15. The average molecular weight is 498 g/mol. The van der Waals surface area contributed by atoms with E-state index in [1.54, 1.807) is 6.92 Å². The van der Waals surface area contributed by atoms with Crippen molar-refractivity contribution in [2.45, 2.75) is 91.3 Å². The first-order valence-electron chi connectivity index (χ1n) is 12.5. The molecule has 9 nitrogen and oxygen atoms in total. The monoisotopic (exact) mass is 497 g/mol. The van der Waals surface area contributed by atoms with E-state index < -0.39 is 24.2 Å². The topological polar surface area (TPSA) is 143 Å². The van der Waals surface area contributed by atoms with Crippen LogP contribution in [-0.2, 0) is 9.53 Å². The summed E-state index contributed by atoms with van der Waals surface area (Å²) in [6.07, 6.45) is 4.06. The summed E-state index contributed by atoms with van der Waals surface area (Å²) in [5.74, 6) is 0.572. The highest BCUT2D eigenvalue weighted by Crippen LogP contribution is 2.35. The van der Waals surface area contributed by atoms with Gasteiger partial charge in [-0.25, -0.2) is 4.79 Å². The number of likely N-dealkylation sites (tertiary alicyclic amines) is 1. The van der Waals surface area contributed by atoms with Crippen LogP contribution in [0.3, 0.4) is 0 Å². The van der Waals surface area contributed by atoms with Gasteiger partial charge in [-0.2, -0.15) is 0 Å². The van der Waals surface area contributed by atoms with Gasteiger partial charge in [-0.05, 0) is 62.7 Å². The normalized spacial score (nSPS) is 25.7. The van der Waals surface area contributed by atoms with Crippen molar-refractivity contribution >= 4 is 34.9 Å². The molecule has 1 saturated carbocycles. The van der Waals surface area contributed by atoms with Crippen LogP contribution in [0, 0.1) is 23.2 Å². The molecule has 3 atom stereocenters. The van der Waals surface area contributed by atoms with Crippen molar-refractivity contribution in [2.75, 3.05) is 13.2 Å². The lowest BCUT2D eigenvalue weighted by molar-refractivity contribution is -0.125. The lowest BCUT2D eigenvalue weighted by atomic mass is 9.74. The van der Waals surface area contributed by atoms with Crippen LogP contribution in [-0.4, -0.2) is 64.1 Å². The Hall–Kier alpha value is -1.94. The molecule has 0 aromatic carbocycles. The molecule has 1 saturated heterocycles. The molecule has 2 fully saturated rings. The van der Waals surface area contributed by atoms with Crippen LogP contribution in [0.5, 0.6) is 0 Å². The van der Waals surface area contributed by atoms with Crippen LogP contribution in [0.25, 0.3) is 0 Å². The number of nitrogens with one attached hydrogen (secondary N) is 1. The number of carbonyl (C=O) groups is 2. The van der Waals surface area contributed by atoms with Gasteiger partial charge in [0, 0.05) is 12.5 Å². The van der Waals surface area contributed by atoms with Gasteiger partial charge in [0.2, 0.25) is 0 Å². The average Bonchev–Trinajstić information content (AvgIpc) is 3.30. The minimum Gasteiger partial charge on any atom is -0.450 e. The summed E-state index contributed by atoms with van der Waals surface area (Å²) in [4.78, 5) is 28.4. The van der Waals surface area contributed by atoms with E-state index in [0.29, 0.717) is 18.0 Å². The van der Waals surface area contributed by atoms with Crippen LogP contribution in [0.4, 0.5) is 4.79 Å². The number of Topliss-reactive ketones (excluding diaryl/α,β-unsaturated/α-hetero) is 1. The number of ketones is 1. The van der Waals surface area contributed by atoms with Gasteiger partial charge >= 0.3 is 6.09 Å². The fraction of sp³-hybridized carbons (Fsp3) is 0.833. The molecule has 34 heavy (non-hydrogen) atoms. The molecule has 10 heteroatoms. The van der Waals surface area contributed by atoms with Crippen LogP contribution >= 0.6 is 12.2 Å².